The first-order valence-electron chi connectivity index (χ1n) is 16.0. The van der Waals surface area contributed by atoms with Gasteiger partial charge in [-0.15, -0.1) is 0 Å². The minimum absolute atomic E-state index is 0.0360. The molecule has 0 spiro atoms. The predicted molar refractivity (Wildman–Crippen MR) is 181 cm³/mol. The van der Waals surface area contributed by atoms with Crippen LogP contribution >= 0.6 is 0 Å². The van der Waals surface area contributed by atoms with Gasteiger partial charge in [-0.1, -0.05) is 0 Å². The van der Waals surface area contributed by atoms with Crippen molar-refractivity contribution in [3.63, 3.8) is 0 Å². The minimum atomic E-state index is -1.40. The summed E-state index contributed by atoms with van der Waals surface area (Å²) in [6, 6.07) is -6.64. The number of nitrogens with one attached hydrogen (secondary N) is 4. The molecule has 284 valence electrons. The van der Waals surface area contributed by atoms with Crippen LogP contribution in [-0.4, -0.2) is 113 Å². The predicted octanol–water partition coefficient (Wildman–Crippen LogP) is -5.30. The smallest absolute Gasteiger partial charge is 0.326 e. The van der Waals surface area contributed by atoms with Crippen LogP contribution in [-0.2, 0) is 33.6 Å². The van der Waals surface area contributed by atoms with E-state index in [4.69, 9.17) is 45.2 Å². The van der Waals surface area contributed by atoms with Crippen molar-refractivity contribution >= 4 is 53.4 Å². The van der Waals surface area contributed by atoms with E-state index in [0.717, 1.165) is 0 Å². The summed E-state index contributed by atoms with van der Waals surface area (Å²) in [7, 11) is 0. The van der Waals surface area contributed by atoms with Gasteiger partial charge < -0.3 is 71.6 Å². The lowest BCUT2D eigenvalue weighted by atomic mass is 10.0. The molecular weight excluding hydrogens is 662 g/mol. The number of aliphatic carboxylic acids is 2. The summed E-state index contributed by atoms with van der Waals surface area (Å²) in [5, 5.41) is 28.4. The molecule has 5 amide bonds. The Kier molecular flexibility index (Phi) is 22.2. The van der Waals surface area contributed by atoms with Gasteiger partial charge in [0.05, 0.1) is 6.04 Å². The maximum absolute atomic E-state index is 13.6. The summed E-state index contributed by atoms with van der Waals surface area (Å²) in [6.07, 6.45) is -0.0830. The highest BCUT2D eigenvalue weighted by Gasteiger charge is 2.31. The lowest BCUT2D eigenvalue weighted by molar-refractivity contribution is -0.142. The Morgan fingerprint density at radius 2 is 0.960 bits per heavy atom. The maximum Gasteiger partial charge on any atom is 0.326 e. The van der Waals surface area contributed by atoms with Crippen LogP contribution in [0, 0.1) is 0 Å². The summed E-state index contributed by atoms with van der Waals surface area (Å²) in [6.45, 7) is 0.457. The molecule has 50 heavy (non-hydrogen) atoms. The van der Waals surface area contributed by atoms with Crippen molar-refractivity contribution < 1.29 is 43.8 Å². The Morgan fingerprint density at radius 3 is 1.38 bits per heavy atom. The molecule has 0 aliphatic carbocycles. The third kappa shape index (κ3) is 20.9. The molecule has 20 N–H and O–H groups in total. The average Bonchev–Trinajstić information content (AvgIpc) is 3.03. The van der Waals surface area contributed by atoms with Crippen molar-refractivity contribution in [3.05, 3.63) is 0 Å². The van der Waals surface area contributed by atoms with E-state index in [1.807, 2.05) is 0 Å². The van der Waals surface area contributed by atoms with Gasteiger partial charge >= 0.3 is 11.9 Å². The van der Waals surface area contributed by atoms with Crippen molar-refractivity contribution in [3.8, 4) is 0 Å². The third-order valence-corrected chi connectivity index (χ3v) is 7.04. The number of aliphatic imine (C=N–C) groups is 2. The number of carboxylic acids is 2. The van der Waals surface area contributed by atoms with Crippen LogP contribution in [0.25, 0.3) is 0 Å². The summed E-state index contributed by atoms with van der Waals surface area (Å²) in [5.41, 5.74) is 37.9. The second-order valence-corrected chi connectivity index (χ2v) is 11.3. The highest BCUT2D eigenvalue weighted by molar-refractivity contribution is 5.95. The summed E-state index contributed by atoms with van der Waals surface area (Å²) >= 11 is 0. The first-order valence-corrected chi connectivity index (χ1v) is 16.0. The fraction of sp³-hybridized carbons (Fsp3) is 0.679. The van der Waals surface area contributed by atoms with Crippen LogP contribution in [0.2, 0.25) is 0 Å². The zero-order valence-electron chi connectivity index (χ0n) is 28.0. The van der Waals surface area contributed by atoms with Crippen LogP contribution in [0.3, 0.4) is 0 Å². The van der Waals surface area contributed by atoms with Crippen LogP contribution < -0.4 is 61.4 Å². The van der Waals surface area contributed by atoms with E-state index in [1.54, 1.807) is 0 Å². The number of nitrogens with two attached hydrogens (primary N) is 7. The number of guanidine groups is 2. The average molecular weight is 716 g/mol. The molecule has 0 aromatic carbocycles. The molecule has 0 rings (SSSR count). The highest BCUT2D eigenvalue weighted by Crippen LogP contribution is 2.08. The molecule has 0 radical (unpaired) electrons. The number of amides is 5. The quantitative estimate of drug-likeness (QED) is 0.0215. The Labute approximate surface area is 289 Å². The van der Waals surface area contributed by atoms with Gasteiger partial charge in [-0.05, 0) is 64.3 Å². The first kappa shape index (κ1) is 44.8. The Morgan fingerprint density at radius 1 is 0.540 bits per heavy atom. The molecule has 0 saturated carbocycles. The number of unbranched alkanes of at least 4 members (excludes halogenated alkanes) is 1. The number of primary amides is 1. The van der Waals surface area contributed by atoms with Gasteiger partial charge in [0, 0.05) is 25.9 Å². The van der Waals surface area contributed by atoms with E-state index in [-0.39, 0.29) is 82.9 Å². The summed E-state index contributed by atoms with van der Waals surface area (Å²) < 4.78 is 0. The van der Waals surface area contributed by atoms with E-state index in [9.17, 15) is 38.7 Å². The number of carboxylic acid groups (broad SMARTS) is 2. The van der Waals surface area contributed by atoms with Crippen LogP contribution in [0.1, 0.15) is 70.6 Å². The van der Waals surface area contributed by atoms with Gasteiger partial charge in [-0.2, -0.15) is 0 Å². The van der Waals surface area contributed by atoms with Crippen LogP contribution in [0.5, 0.6) is 0 Å². The molecule has 22 heteroatoms. The molecule has 0 aliphatic heterocycles. The van der Waals surface area contributed by atoms with E-state index in [1.165, 1.54) is 0 Å². The Balaban J connectivity index is 6.11. The SMILES string of the molecule is NCCCC[C@H](NC(=O)[C@H](CCC(N)=O)NC(=O)[C@@H](N)CCC(=O)O)C(=O)N[C@@H](CCCN=C(N)N)C(=O)N[C@@H](CCCN=C(N)N)C(=O)O. The van der Waals surface area contributed by atoms with Crippen molar-refractivity contribution in [2.24, 2.45) is 50.1 Å². The van der Waals surface area contributed by atoms with E-state index >= 15 is 0 Å². The number of carbonyl (C=O) groups is 7. The molecule has 0 aliphatic rings. The zero-order chi connectivity index (χ0) is 38.2. The number of carbonyl (C=O) groups excluding carboxylic acids is 5. The Hall–Kier alpha value is -5.25. The number of hydrogen-bond acceptors (Lipinski definition) is 11. The standard InChI is InChI=1S/C28H53N13O9/c29-12-2-1-5-16(39-25(48)18(9-10-20(31)42)38-22(45)15(30)8-11-21(43)44)23(46)40-17(6-3-13-36-27(32)33)24(47)41-19(26(49)50)7-4-14-37-28(34)35/h15-19H,1-14,29-30H2,(H2,31,42)(H,38,45)(H,39,48)(H,40,46)(H,41,47)(H,43,44)(H,49,50)(H4,32,33,36)(H4,34,35,37)/t15-,16-,17-,18-,19-/m0/s1. The van der Waals surface area contributed by atoms with Gasteiger partial charge in [0.2, 0.25) is 29.5 Å². The fourth-order valence-corrected chi connectivity index (χ4v) is 4.36. The molecule has 0 bridgehead atoms. The number of nitrogens with zero attached hydrogens (tertiary/aromatic N) is 2. The second kappa shape index (κ2) is 24.8. The van der Waals surface area contributed by atoms with Gasteiger partial charge in [0.1, 0.15) is 24.2 Å². The molecule has 0 saturated heterocycles. The van der Waals surface area contributed by atoms with E-state index < -0.39 is 78.1 Å². The lowest BCUT2D eigenvalue weighted by Crippen LogP contribution is -2.58. The van der Waals surface area contributed by atoms with Crippen molar-refractivity contribution in [2.75, 3.05) is 19.6 Å². The van der Waals surface area contributed by atoms with Gasteiger partial charge in [-0.25, -0.2) is 4.79 Å². The zero-order valence-corrected chi connectivity index (χ0v) is 28.0. The Bertz CT molecular complexity index is 1210. The van der Waals surface area contributed by atoms with Gasteiger partial charge in [0.15, 0.2) is 11.9 Å². The minimum Gasteiger partial charge on any atom is -0.481 e. The largest absolute Gasteiger partial charge is 0.481 e. The number of hydrogen-bond donors (Lipinski definition) is 13. The molecule has 0 aromatic heterocycles. The first-order chi connectivity index (χ1) is 23.5. The van der Waals surface area contributed by atoms with Crippen molar-refractivity contribution in [2.45, 2.75) is 101 Å². The highest BCUT2D eigenvalue weighted by atomic mass is 16.4. The summed E-state index contributed by atoms with van der Waals surface area (Å²) in [5.74, 6) is -7.12. The van der Waals surface area contributed by atoms with Crippen LogP contribution in [0.15, 0.2) is 9.98 Å². The molecular formula is C28H53N13O9. The molecule has 22 nitrogen and oxygen atoms in total. The molecule has 0 fully saturated rings. The molecule has 0 unspecified atom stereocenters. The fourth-order valence-electron chi connectivity index (χ4n) is 4.36. The van der Waals surface area contributed by atoms with Crippen molar-refractivity contribution in [1.29, 1.82) is 0 Å². The monoisotopic (exact) mass is 715 g/mol. The molecule has 0 heterocycles. The lowest BCUT2D eigenvalue weighted by Gasteiger charge is -2.26. The normalized spacial score (nSPS) is 13.6. The second-order valence-electron chi connectivity index (χ2n) is 11.3. The molecule has 5 atom stereocenters. The van der Waals surface area contributed by atoms with Gasteiger partial charge in [-0.3, -0.25) is 38.8 Å². The van der Waals surface area contributed by atoms with E-state index in [0.29, 0.717) is 12.8 Å². The topological polar surface area (TPSA) is 415 Å². The molecule has 0 aromatic rings. The summed E-state index contributed by atoms with van der Waals surface area (Å²) in [4.78, 5) is 94.8. The number of rotatable bonds is 27. The third-order valence-electron chi connectivity index (χ3n) is 7.04. The van der Waals surface area contributed by atoms with E-state index in [2.05, 4.69) is 31.3 Å². The van der Waals surface area contributed by atoms with Gasteiger partial charge in [0.25, 0.3) is 0 Å². The van der Waals surface area contributed by atoms with Crippen LogP contribution in [0.4, 0.5) is 0 Å². The maximum atomic E-state index is 13.6. The van der Waals surface area contributed by atoms with Crippen molar-refractivity contribution in [1.82, 2.24) is 21.3 Å².